The van der Waals surface area contributed by atoms with E-state index in [9.17, 15) is 75.7 Å². The first-order valence-electron chi connectivity index (χ1n) is 30.8. The average Bonchev–Trinajstić information content (AvgIpc) is 3.69. The van der Waals surface area contributed by atoms with Gasteiger partial charge in [0, 0.05) is 56.2 Å². The van der Waals surface area contributed by atoms with Crippen molar-refractivity contribution in [2.24, 2.45) is 28.5 Å². The minimum absolute atomic E-state index is 0.0212. The smallest absolute Gasteiger partial charge is 0.276 e. The Morgan fingerprint density at radius 1 is 0.551 bits per heavy atom. The van der Waals surface area contributed by atoms with E-state index in [1.54, 1.807) is 80.7 Å². The van der Waals surface area contributed by atoms with Crippen LogP contribution in [0.2, 0.25) is 0 Å². The maximum atomic E-state index is 12.8. The molecule has 0 aromatic carbocycles. The Kier molecular flexibility index (Phi) is 44.7. The molecule has 0 aliphatic rings. The van der Waals surface area contributed by atoms with Gasteiger partial charge >= 0.3 is 0 Å². The summed E-state index contributed by atoms with van der Waals surface area (Å²) in [6, 6.07) is 4.89. The van der Waals surface area contributed by atoms with Crippen molar-refractivity contribution in [3.8, 4) is 0 Å². The van der Waals surface area contributed by atoms with Crippen LogP contribution < -0.4 is 11.1 Å². The molecule has 0 saturated heterocycles. The van der Waals surface area contributed by atoms with Crippen LogP contribution in [-0.2, 0) is 9.59 Å². The first kappa shape index (κ1) is 80.6. The molecule has 15 atom stereocenters. The van der Waals surface area contributed by atoms with Crippen molar-refractivity contribution in [2.75, 3.05) is 6.54 Å². The summed E-state index contributed by atoms with van der Waals surface area (Å²) in [5, 5.41) is 128. The van der Waals surface area contributed by atoms with Crippen molar-refractivity contribution < 1.29 is 75.7 Å². The Hall–Kier alpha value is -6.43. The fourth-order valence-electron chi connectivity index (χ4n) is 8.56. The molecule has 494 valence electrons. The molecule has 1 aromatic heterocycles. The highest BCUT2D eigenvalue weighted by molar-refractivity contribution is 6.04. The number of ketones is 2. The lowest BCUT2D eigenvalue weighted by molar-refractivity contribution is -0.127. The number of nitrogens with two attached hydrogens (primary N) is 1. The number of amides is 1. The molecule has 19 heteroatoms. The number of hydrogen-bond donors (Lipinski definition) is 14. The summed E-state index contributed by atoms with van der Waals surface area (Å²) in [7, 11) is 0. The third kappa shape index (κ3) is 42.2. The quantitative estimate of drug-likeness (QED) is 0.00816. The molecule has 1 rings (SSSR count). The average molecular weight is 1240 g/mol. The van der Waals surface area contributed by atoms with Gasteiger partial charge in [0.25, 0.3) is 5.91 Å². The Balaban J connectivity index is 2.29. The van der Waals surface area contributed by atoms with Crippen molar-refractivity contribution in [3.05, 3.63) is 188 Å². The Morgan fingerprint density at radius 3 is 1.63 bits per heavy atom. The van der Waals surface area contributed by atoms with Crippen LogP contribution in [0.5, 0.6) is 0 Å². The van der Waals surface area contributed by atoms with E-state index in [2.05, 4.69) is 15.3 Å². The molecule has 15 unspecified atom stereocenters. The summed E-state index contributed by atoms with van der Waals surface area (Å²) in [6.07, 6.45) is 35.8. The summed E-state index contributed by atoms with van der Waals surface area (Å²) in [5.41, 5.74) is 6.65. The molecule has 15 N–H and O–H groups in total. The van der Waals surface area contributed by atoms with Gasteiger partial charge in [0.2, 0.25) is 0 Å². The zero-order valence-electron chi connectivity index (χ0n) is 52.6. The lowest BCUT2D eigenvalue weighted by Crippen LogP contribution is -2.37. The van der Waals surface area contributed by atoms with Gasteiger partial charge < -0.3 is 67.0 Å². The van der Waals surface area contributed by atoms with Gasteiger partial charge in [-0.3, -0.25) is 29.7 Å². The van der Waals surface area contributed by atoms with Gasteiger partial charge in [-0.25, -0.2) is 0 Å². The Morgan fingerprint density at radius 2 is 1.06 bits per heavy atom. The predicted octanol–water partition coefficient (Wildman–Crippen LogP) is 6.61. The van der Waals surface area contributed by atoms with Crippen LogP contribution in [0.3, 0.4) is 0 Å². The summed E-state index contributed by atoms with van der Waals surface area (Å²) in [6.45, 7) is 8.87. The standard InChI is InChI=1S/C70H104N4O15/c1-50(54(5)75)30-20-16-12-11-13-17-21-31-51(2)68(88)53(4)66(86)41-23-19-15-10-8-6-7-9-14-18-22-40-65(85)52(3)67(87)49-63(84)48-60(81)37-28-36-59(80)47-62(83)46-58(79)35-27-34-56(77)44-55(76)32-26-33-57(78)45-61(82)38-29-43-73-70(71)74-69(89)64-39-24-25-42-72-64/h6-12,14-16,18-28,30-32,35,37,39,41-42,51-53,55-63,65-66,68,76-86,88H,13,17,29,33-34,36,38,40,43-49H2,1-5H3,(H3,71,73,74,89)/b7-6+,10-8+,12-11+,14-9+,19-15+,20-16+,22-18+,31-21+,32-26+,35-27+,37-28+,41-23+,50-30+. The highest BCUT2D eigenvalue weighted by Gasteiger charge is 2.26. The molecule has 1 amide bonds. The number of rotatable bonds is 46. The lowest BCUT2D eigenvalue weighted by Gasteiger charge is -2.25. The third-order valence-corrected chi connectivity index (χ3v) is 14.2. The number of aliphatic hydroxyl groups is 12. The largest absolute Gasteiger partial charge is 0.393 e. The molecule has 89 heavy (non-hydrogen) atoms. The first-order chi connectivity index (χ1) is 42.4. The van der Waals surface area contributed by atoms with Crippen molar-refractivity contribution in [1.82, 2.24) is 10.3 Å². The summed E-state index contributed by atoms with van der Waals surface area (Å²) < 4.78 is 0. The molecular weight excluding hydrogens is 1140 g/mol. The maximum Gasteiger partial charge on any atom is 0.276 e. The number of guanidine groups is 1. The van der Waals surface area contributed by atoms with E-state index in [1.165, 1.54) is 49.6 Å². The fourth-order valence-corrected chi connectivity index (χ4v) is 8.56. The van der Waals surface area contributed by atoms with Gasteiger partial charge in [0.1, 0.15) is 11.5 Å². The minimum atomic E-state index is -1.18. The third-order valence-electron chi connectivity index (χ3n) is 14.2. The van der Waals surface area contributed by atoms with Crippen LogP contribution in [0.1, 0.15) is 135 Å². The molecule has 0 spiro atoms. The van der Waals surface area contributed by atoms with Gasteiger partial charge in [0.15, 0.2) is 11.7 Å². The Labute approximate surface area is 527 Å². The van der Waals surface area contributed by atoms with E-state index < -0.39 is 85.1 Å². The number of carbonyl (C=O) groups is 3. The molecule has 0 fully saturated rings. The molecule has 0 aliphatic carbocycles. The van der Waals surface area contributed by atoms with Crippen LogP contribution in [0.25, 0.3) is 0 Å². The van der Waals surface area contributed by atoms with Crippen molar-refractivity contribution >= 4 is 23.4 Å². The first-order valence-corrected chi connectivity index (χ1v) is 30.8. The summed E-state index contributed by atoms with van der Waals surface area (Å²) in [5.74, 6) is -2.15. The number of Topliss-reactive ketones (excluding diaryl/α,β-unsaturated/α-hetero) is 2. The number of aliphatic hydroxyl groups excluding tert-OH is 12. The second-order valence-electron chi connectivity index (χ2n) is 22.4. The SMILES string of the molecule is CC(=O)/C(C)=C/C=C/C=C/CC/C=C/C(C)C(O)C(C)C(O)/C=C/C=C/C=C/C=C/C=C/C=C/CC(O)C(C)C(=O)CC(O)CC(O)/C=C/CC(O)CC(O)CC(O)/C=C/CC(O)CC(O)/C=C/CC(O)CC(O)CCCN=C(N)NC(=O)c1ccccn1. The number of hydrogen-bond acceptors (Lipinski definition) is 17. The van der Waals surface area contributed by atoms with E-state index in [0.29, 0.717) is 18.4 Å². The monoisotopic (exact) mass is 1240 g/mol. The van der Waals surface area contributed by atoms with Gasteiger partial charge in [-0.05, 0) is 95.8 Å². The minimum Gasteiger partial charge on any atom is -0.393 e. The van der Waals surface area contributed by atoms with Crippen molar-refractivity contribution in [2.45, 2.75) is 198 Å². The zero-order chi connectivity index (χ0) is 66.4. The fraction of sp³-hybridized carbons (Fsp3) is 0.500. The molecule has 0 radical (unpaired) electrons. The van der Waals surface area contributed by atoms with E-state index >= 15 is 0 Å². The van der Waals surface area contributed by atoms with E-state index in [1.807, 2.05) is 80.7 Å². The number of unbranched alkanes of at least 4 members (excludes halogenated alkanes) is 1. The molecular formula is C70H104N4O15. The van der Waals surface area contributed by atoms with E-state index in [4.69, 9.17) is 5.73 Å². The van der Waals surface area contributed by atoms with Crippen molar-refractivity contribution in [1.29, 1.82) is 0 Å². The molecule has 1 aromatic rings. The molecule has 0 aliphatic heterocycles. The second-order valence-corrected chi connectivity index (χ2v) is 22.4. The predicted molar refractivity (Wildman–Crippen MR) is 352 cm³/mol. The zero-order valence-corrected chi connectivity index (χ0v) is 52.6. The summed E-state index contributed by atoms with van der Waals surface area (Å²) >= 11 is 0. The van der Waals surface area contributed by atoms with E-state index in [0.717, 1.165) is 12.8 Å². The molecule has 1 heterocycles. The summed E-state index contributed by atoms with van der Waals surface area (Å²) in [4.78, 5) is 44.1. The van der Waals surface area contributed by atoms with Gasteiger partial charge in [0.05, 0.1) is 73.2 Å². The number of aromatic nitrogens is 1. The molecule has 19 nitrogen and oxygen atoms in total. The molecule has 0 saturated carbocycles. The van der Waals surface area contributed by atoms with E-state index in [-0.39, 0.29) is 106 Å². The highest BCUT2D eigenvalue weighted by Crippen LogP contribution is 2.20. The number of carbonyl (C=O) groups excluding carboxylic acids is 3. The highest BCUT2D eigenvalue weighted by atomic mass is 16.3. The van der Waals surface area contributed by atoms with Gasteiger partial charge in [-0.1, -0.05) is 179 Å². The lowest BCUT2D eigenvalue weighted by atomic mass is 9.88. The van der Waals surface area contributed by atoms with Crippen LogP contribution in [-0.4, -0.2) is 169 Å². The van der Waals surface area contributed by atoms with Crippen LogP contribution in [0.15, 0.2) is 187 Å². The number of pyridine rings is 1. The number of allylic oxidation sites excluding steroid dienone is 17. The van der Waals surface area contributed by atoms with Gasteiger partial charge in [-0.2, -0.15) is 0 Å². The number of nitrogens with zero attached hydrogens (tertiary/aromatic N) is 2. The van der Waals surface area contributed by atoms with Crippen LogP contribution in [0, 0.1) is 17.8 Å². The van der Waals surface area contributed by atoms with Crippen LogP contribution in [0.4, 0.5) is 0 Å². The Bertz CT molecular complexity index is 2570. The topological polar surface area (TPSA) is 357 Å². The number of aliphatic imine (C=N–C) groups is 1. The normalized spacial score (nSPS) is 18.6. The van der Waals surface area contributed by atoms with Gasteiger partial charge in [-0.15, -0.1) is 0 Å². The van der Waals surface area contributed by atoms with Crippen LogP contribution >= 0.6 is 0 Å². The molecule has 0 bridgehead atoms. The number of nitrogens with one attached hydrogen (secondary N) is 1. The maximum absolute atomic E-state index is 12.8. The second kappa shape index (κ2) is 49.4. The van der Waals surface area contributed by atoms with Crippen molar-refractivity contribution in [3.63, 3.8) is 0 Å².